The van der Waals surface area contributed by atoms with E-state index >= 15 is 0 Å². The largest absolute Gasteiger partial charge is 0.493 e. The minimum Gasteiger partial charge on any atom is -0.493 e. The molecule has 0 atom stereocenters. The van der Waals surface area contributed by atoms with Crippen molar-refractivity contribution >= 4 is 12.0 Å². The molecule has 0 aromatic heterocycles. The maximum atomic E-state index is 11.3. The van der Waals surface area contributed by atoms with E-state index in [4.69, 9.17) is 19.5 Å². The van der Waals surface area contributed by atoms with Gasteiger partial charge in [-0.25, -0.2) is 4.79 Å². The smallest absolute Gasteiger partial charge is 0.348 e. The van der Waals surface area contributed by atoms with Gasteiger partial charge < -0.3 is 18.9 Å². The van der Waals surface area contributed by atoms with Crippen LogP contribution >= 0.6 is 0 Å². The first kappa shape index (κ1) is 12.8. The highest BCUT2D eigenvalue weighted by molar-refractivity contribution is 5.98. The van der Waals surface area contributed by atoms with Crippen LogP contribution in [0.2, 0.25) is 0 Å². The molecule has 0 N–H and O–H groups in total. The Morgan fingerprint density at radius 3 is 2.84 bits per heavy atom. The van der Waals surface area contributed by atoms with Crippen molar-refractivity contribution in [3.63, 3.8) is 0 Å². The lowest BCUT2D eigenvalue weighted by molar-refractivity contribution is -0.135. The van der Waals surface area contributed by atoms with Gasteiger partial charge in [0.05, 0.1) is 14.2 Å². The van der Waals surface area contributed by atoms with Gasteiger partial charge in [-0.1, -0.05) is 0 Å². The summed E-state index contributed by atoms with van der Waals surface area (Å²) in [6, 6.07) is 5.08. The fourth-order valence-electron chi connectivity index (χ4n) is 1.65. The molecule has 2 rings (SSSR count). The third kappa shape index (κ3) is 2.45. The Hall–Kier alpha value is -2.68. The molecule has 6 nitrogen and oxygen atoms in total. The quantitative estimate of drug-likeness (QED) is 0.466. The van der Waals surface area contributed by atoms with Crippen LogP contribution in [0.5, 0.6) is 17.2 Å². The molecule has 1 aromatic rings. The number of ether oxygens (including phenoxy) is 4. The second kappa shape index (κ2) is 5.31. The number of fused-ring (bicyclic) bond motifs is 1. The minimum atomic E-state index is -0.695. The average Bonchev–Trinajstić information content (AvgIpc) is 2.91. The van der Waals surface area contributed by atoms with E-state index in [-0.39, 0.29) is 12.4 Å². The summed E-state index contributed by atoms with van der Waals surface area (Å²) in [4.78, 5) is 11.3. The number of nitriles is 1. The van der Waals surface area contributed by atoms with Gasteiger partial charge in [0, 0.05) is 0 Å². The predicted molar refractivity (Wildman–Crippen MR) is 64.7 cm³/mol. The van der Waals surface area contributed by atoms with Gasteiger partial charge in [-0.15, -0.1) is 0 Å². The van der Waals surface area contributed by atoms with Gasteiger partial charge in [0.25, 0.3) is 0 Å². The lowest BCUT2D eigenvalue weighted by Crippen LogP contribution is -2.02. The van der Waals surface area contributed by atoms with Crippen LogP contribution in [0.15, 0.2) is 17.7 Å². The van der Waals surface area contributed by atoms with E-state index in [9.17, 15) is 4.79 Å². The van der Waals surface area contributed by atoms with Crippen LogP contribution in [-0.4, -0.2) is 27.0 Å². The lowest BCUT2D eigenvalue weighted by atomic mass is 10.1. The molecule has 0 unspecified atom stereocenters. The van der Waals surface area contributed by atoms with Crippen molar-refractivity contribution in [2.24, 2.45) is 0 Å². The van der Waals surface area contributed by atoms with Gasteiger partial charge in [-0.3, -0.25) is 0 Å². The molecule has 0 spiro atoms. The summed E-state index contributed by atoms with van der Waals surface area (Å²) in [5, 5.41) is 8.90. The SMILES string of the molecule is COC(=O)/C(C#N)=C\c1cc(OC)c2c(c1)OCO2. The van der Waals surface area contributed by atoms with Crippen molar-refractivity contribution in [1.82, 2.24) is 0 Å². The van der Waals surface area contributed by atoms with E-state index in [0.717, 1.165) is 0 Å². The number of benzene rings is 1. The first-order chi connectivity index (χ1) is 9.19. The maximum absolute atomic E-state index is 11.3. The van der Waals surface area contributed by atoms with Crippen LogP contribution in [0.4, 0.5) is 0 Å². The number of carbonyl (C=O) groups excluding carboxylic acids is 1. The second-order valence-electron chi connectivity index (χ2n) is 3.62. The summed E-state index contributed by atoms with van der Waals surface area (Å²) in [6.45, 7) is 0.112. The van der Waals surface area contributed by atoms with Crippen molar-refractivity contribution in [2.75, 3.05) is 21.0 Å². The van der Waals surface area contributed by atoms with Crippen molar-refractivity contribution in [3.8, 4) is 23.3 Å². The van der Waals surface area contributed by atoms with Crippen molar-refractivity contribution < 1.29 is 23.7 Å². The molecular weight excluding hydrogens is 250 g/mol. The van der Waals surface area contributed by atoms with E-state index in [2.05, 4.69) is 4.74 Å². The van der Waals surface area contributed by atoms with Gasteiger partial charge >= 0.3 is 5.97 Å². The van der Waals surface area contributed by atoms with Crippen molar-refractivity contribution in [1.29, 1.82) is 5.26 Å². The molecule has 6 heteroatoms. The van der Waals surface area contributed by atoms with Crippen LogP contribution in [0, 0.1) is 11.3 Å². The average molecular weight is 261 g/mol. The van der Waals surface area contributed by atoms with Crippen LogP contribution < -0.4 is 14.2 Å². The Balaban J connectivity index is 2.44. The van der Waals surface area contributed by atoms with E-state index < -0.39 is 5.97 Å². The molecule has 0 radical (unpaired) electrons. The fourth-order valence-corrected chi connectivity index (χ4v) is 1.65. The predicted octanol–water partition coefficient (Wildman–Crippen LogP) is 1.50. The van der Waals surface area contributed by atoms with Gasteiger partial charge in [0.1, 0.15) is 11.6 Å². The minimum absolute atomic E-state index is 0.108. The summed E-state index contributed by atoms with van der Waals surface area (Å²) in [6.07, 6.45) is 1.40. The zero-order valence-corrected chi connectivity index (χ0v) is 10.4. The van der Waals surface area contributed by atoms with Crippen LogP contribution in [0.25, 0.3) is 6.08 Å². The Morgan fingerprint density at radius 2 is 2.21 bits per heavy atom. The maximum Gasteiger partial charge on any atom is 0.348 e. The molecule has 0 fully saturated rings. The molecule has 98 valence electrons. The zero-order chi connectivity index (χ0) is 13.8. The summed E-state index contributed by atoms with van der Waals surface area (Å²) in [5.41, 5.74) is 0.478. The number of esters is 1. The third-order valence-electron chi connectivity index (χ3n) is 2.52. The van der Waals surface area contributed by atoms with Gasteiger partial charge in [-0.2, -0.15) is 5.26 Å². The van der Waals surface area contributed by atoms with Gasteiger partial charge in [-0.05, 0) is 23.8 Å². The van der Waals surface area contributed by atoms with Gasteiger partial charge in [0.2, 0.25) is 12.5 Å². The van der Waals surface area contributed by atoms with Crippen LogP contribution in [-0.2, 0) is 9.53 Å². The molecule has 0 bridgehead atoms. The Bertz CT molecular complexity index is 585. The van der Waals surface area contributed by atoms with Crippen LogP contribution in [0.1, 0.15) is 5.56 Å². The molecule has 1 heterocycles. The van der Waals surface area contributed by atoms with E-state index in [1.165, 1.54) is 20.3 Å². The Morgan fingerprint density at radius 1 is 1.42 bits per heavy atom. The number of nitrogens with zero attached hydrogens (tertiary/aromatic N) is 1. The number of hydrogen-bond donors (Lipinski definition) is 0. The highest BCUT2D eigenvalue weighted by Crippen LogP contribution is 2.42. The molecule has 1 aliphatic heterocycles. The summed E-state index contributed by atoms with van der Waals surface area (Å²) in [7, 11) is 2.71. The molecular formula is C13H11NO5. The molecule has 19 heavy (non-hydrogen) atoms. The lowest BCUT2D eigenvalue weighted by Gasteiger charge is -2.06. The number of carbonyl (C=O) groups is 1. The molecule has 0 aliphatic carbocycles. The highest BCUT2D eigenvalue weighted by Gasteiger charge is 2.20. The third-order valence-corrected chi connectivity index (χ3v) is 2.52. The first-order valence-electron chi connectivity index (χ1n) is 5.37. The van der Waals surface area contributed by atoms with Crippen molar-refractivity contribution in [2.45, 2.75) is 0 Å². The number of rotatable bonds is 3. The molecule has 0 saturated heterocycles. The second-order valence-corrected chi connectivity index (χ2v) is 3.62. The Kier molecular flexibility index (Phi) is 3.57. The summed E-state index contributed by atoms with van der Waals surface area (Å²) < 4.78 is 20.2. The van der Waals surface area contributed by atoms with E-state index in [1.54, 1.807) is 18.2 Å². The fraction of sp³-hybridized carbons (Fsp3) is 0.231. The molecule has 1 aliphatic rings. The van der Waals surface area contributed by atoms with E-state index in [0.29, 0.717) is 22.8 Å². The monoisotopic (exact) mass is 261 g/mol. The van der Waals surface area contributed by atoms with Crippen molar-refractivity contribution in [3.05, 3.63) is 23.3 Å². The zero-order valence-electron chi connectivity index (χ0n) is 10.4. The summed E-state index contributed by atoms with van der Waals surface area (Å²) in [5.74, 6) is 0.798. The van der Waals surface area contributed by atoms with E-state index in [1.807, 2.05) is 0 Å². The van der Waals surface area contributed by atoms with Crippen LogP contribution in [0.3, 0.4) is 0 Å². The molecule has 0 saturated carbocycles. The number of hydrogen-bond acceptors (Lipinski definition) is 6. The molecule has 1 aromatic carbocycles. The first-order valence-corrected chi connectivity index (χ1v) is 5.37. The molecule has 0 amide bonds. The number of methoxy groups -OCH3 is 2. The standard InChI is InChI=1S/C13H11NO5/c1-16-10-4-8(3-9(6-14)13(15)17-2)5-11-12(10)19-7-18-11/h3-5H,7H2,1-2H3/b9-3-. The summed E-state index contributed by atoms with van der Waals surface area (Å²) >= 11 is 0. The highest BCUT2D eigenvalue weighted by atomic mass is 16.7. The Labute approximate surface area is 109 Å². The van der Waals surface area contributed by atoms with Gasteiger partial charge in [0.15, 0.2) is 11.5 Å². The normalized spacial score (nSPS) is 12.8. The topological polar surface area (TPSA) is 77.8 Å².